The first kappa shape index (κ1) is 18.2. The van der Waals surface area contributed by atoms with Crippen molar-refractivity contribution >= 4 is 5.91 Å². The van der Waals surface area contributed by atoms with Gasteiger partial charge in [0.05, 0.1) is 12.5 Å². The molecule has 0 saturated heterocycles. The van der Waals surface area contributed by atoms with Crippen molar-refractivity contribution in [3.63, 3.8) is 0 Å². The summed E-state index contributed by atoms with van der Waals surface area (Å²) < 4.78 is 0. The van der Waals surface area contributed by atoms with Crippen molar-refractivity contribution in [2.24, 2.45) is 11.3 Å². The number of hydrogen-bond donors (Lipinski definition) is 0. The van der Waals surface area contributed by atoms with Crippen molar-refractivity contribution in [3.05, 3.63) is 35.4 Å². The summed E-state index contributed by atoms with van der Waals surface area (Å²) in [5, 5.41) is 8.80. The Morgan fingerprint density at radius 2 is 1.82 bits per heavy atom. The lowest BCUT2D eigenvalue weighted by molar-refractivity contribution is 0.0700. The average Bonchev–Trinajstić information content (AvgIpc) is 2.41. The predicted molar refractivity (Wildman–Crippen MR) is 90.6 cm³/mol. The molecule has 22 heavy (non-hydrogen) atoms. The summed E-state index contributed by atoms with van der Waals surface area (Å²) in [5.74, 6) is 0.621. The van der Waals surface area contributed by atoms with Gasteiger partial charge in [-0.3, -0.25) is 4.79 Å². The molecular weight excluding hydrogens is 272 g/mol. The molecule has 1 aromatic rings. The van der Waals surface area contributed by atoms with Gasteiger partial charge in [0.2, 0.25) is 0 Å². The summed E-state index contributed by atoms with van der Waals surface area (Å²) in [6.45, 7) is 11.8. The molecule has 0 aliphatic carbocycles. The maximum absolute atomic E-state index is 12.7. The highest BCUT2D eigenvalue weighted by Crippen LogP contribution is 2.18. The third-order valence-electron chi connectivity index (χ3n) is 3.29. The van der Waals surface area contributed by atoms with Crippen LogP contribution in [0.4, 0.5) is 0 Å². The van der Waals surface area contributed by atoms with E-state index in [2.05, 4.69) is 40.7 Å². The molecule has 0 aliphatic heterocycles. The van der Waals surface area contributed by atoms with Crippen molar-refractivity contribution in [2.45, 2.75) is 47.5 Å². The molecule has 0 bridgehead atoms. The smallest absolute Gasteiger partial charge is 0.253 e. The van der Waals surface area contributed by atoms with Crippen LogP contribution in [0.5, 0.6) is 0 Å². The first-order valence-electron chi connectivity index (χ1n) is 7.98. The number of rotatable bonds is 6. The van der Waals surface area contributed by atoms with Crippen molar-refractivity contribution in [1.82, 2.24) is 4.90 Å². The molecule has 0 atom stereocenters. The predicted octanol–water partition coefficient (Wildman–Crippen LogP) is 4.29. The highest BCUT2D eigenvalue weighted by atomic mass is 16.2. The van der Waals surface area contributed by atoms with Crippen LogP contribution in [0, 0.1) is 22.7 Å². The lowest BCUT2D eigenvalue weighted by Gasteiger charge is -2.29. The van der Waals surface area contributed by atoms with Crippen molar-refractivity contribution in [3.8, 4) is 6.07 Å². The second kappa shape index (κ2) is 7.98. The Balaban J connectivity index is 2.86. The molecule has 0 fully saturated rings. The summed E-state index contributed by atoms with van der Waals surface area (Å²) in [4.78, 5) is 14.5. The van der Waals surface area contributed by atoms with E-state index in [4.69, 9.17) is 5.26 Å². The standard InChI is InChI=1S/C19H28N2O/c1-15(2)13-16-7-9-17(10-8-16)18(22)21(12-6-11-20)14-19(3,4)5/h7-10,15H,6,12-14H2,1-5H3. The van der Waals surface area contributed by atoms with E-state index in [1.165, 1.54) is 5.56 Å². The second-order valence-corrected chi connectivity index (χ2v) is 7.49. The monoisotopic (exact) mass is 300 g/mol. The molecule has 1 rings (SSSR count). The Labute approximate surface area is 134 Å². The van der Waals surface area contributed by atoms with Gasteiger partial charge in [-0.05, 0) is 35.4 Å². The van der Waals surface area contributed by atoms with E-state index in [0.717, 1.165) is 6.42 Å². The van der Waals surface area contributed by atoms with Crippen molar-refractivity contribution < 1.29 is 4.79 Å². The van der Waals surface area contributed by atoms with Gasteiger partial charge in [0.25, 0.3) is 5.91 Å². The normalized spacial score (nSPS) is 11.3. The van der Waals surface area contributed by atoms with Gasteiger partial charge in [-0.15, -0.1) is 0 Å². The lowest BCUT2D eigenvalue weighted by Crippen LogP contribution is -2.38. The molecule has 0 radical (unpaired) electrons. The third-order valence-corrected chi connectivity index (χ3v) is 3.29. The summed E-state index contributed by atoms with van der Waals surface area (Å²) in [5.41, 5.74) is 1.98. The zero-order valence-electron chi connectivity index (χ0n) is 14.5. The minimum absolute atomic E-state index is 0.0151. The molecule has 3 nitrogen and oxygen atoms in total. The summed E-state index contributed by atoms with van der Waals surface area (Å²) in [7, 11) is 0. The van der Waals surface area contributed by atoms with Crippen molar-refractivity contribution in [2.75, 3.05) is 13.1 Å². The number of carbonyl (C=O) groups excluding carboxylic acids is 1. The number of nitriles is 1. The Hall–Kier alpha value is -1.82. The molecule has 0 heterocycles. The number of nitrogens with zero attached hydrogens (tertiary/aromatic N) is 2. The Morgan fingerprint density at radius 3 is 2.27 bits per heavy atom. The SMILES string of the molecule is CC(C)Cc1ccc(C(=O)N(CCC#N)CC(C)(C)C)cc1. The fourth-order valence-electron chi connectivity index (χ4n) is 2.45. The van der Waals surface area contributed by atoms with Crippen molar-refractivity contribution in [1.29, 1.82) is 5.26 Å². The quantitative estimate of drug-likeness (QED) is 0.786. The lowest BCUT2D eigenvalue weighted by atomic mass is 9.95. The fraction of sp³-hybridized carbons (Fsp3) is 0.579. The molecule has 0 aromatic heterocycles. The van der Waals surface area contributed by atoms with Gasteiger partial charge in [-0.1, -0.05) is 46.8 Å². The van der Waals surface area contributed by atoms with Gasteiger partial charge in [0.1, 0.15) is 0 Å². The Morgan fingerprint density at radius 1 is 1.23 bits per heavy atom. The molecule has 0 N–H and O–H groups in total. The first-order chi connectivity index (χ1) is 10.2. The van der Waals surface area contributed by atoms with E-state index in [-0.39, 0.29) is 11.3 Å². The third kappa shape index (κ3) is 6.30. The molecule has 120 valence electrons. The molecule has 1 aromatic carbocycles. The largest absolute Gasteiger partial charge is 0.337 e. The number of carbonyl (C=O) groups is 1. The minimum Gasteiger partial charge on any atom is -0.337 e. The zero-order valence-corrected chi connectivity index (χ0v) is 14.5. The second-order valence-electron chi connectivity index (χ2n) is 7.49. The minimum atomic E-state index is 0.0151. The van der Waals surface area contributed by atoms with Gasteiger partial charge in [-0.25, -0.2) is 0 Å². The number of hydrogen-bond acceptors (Lipinski definition) is 2. The summed E-state index contributed by atoms with van der Waals surface area (Å²) in [6, 6.07) is 10.0. The topological polar surface area (TPSA) is 44.1 Å². The zero-order chi connectivity index (χ0) is 16.8. The summed E-state index contributed by atoms with van der Waals surface area (Å²) in [6.07, 6.45) is 1.39. The highest BCUT2D eigenvalue weighted by Gasteiger charge is 2.21. The maximum atomic E-state index is 12.7. The average molecular weight is 300 g/mol. The van der Waals surface area contributed by atoms with Crippen LogP contribution in [0.2, 0.25) is 0 Å². The van der Waals surface area contributed by atoms with Crippen LogP contribution in [0.25, 0.3) is 0 Å². The summed E-state index contributed by atoms with van der Waals surface area (Å²) >= 11 is 0. The molecule has 3 heteroatoms. The maximum Gasteiger partial charge on any atom is 0.253 e. The van der Waals surface area contributed by atoms with E-state index in [1.807, 2.05) is 24.3 Å². The van der Waals surface area contributed by atoms with E-state index < -0.39 is 0 Å². The van der Waals surface area contributed by atoms with Crippen LogP contribution in [0.3, 0.4) is 0 Å². The van der Waals surface area contributed by atoms with Gasteiger partial charge in [0.15, 0.2) is 0 Å². The fourth-order valence-corrected chi connectivity index (χ4v) is 2.45. The van der Waals surface area contributed by atoms with E-state index in [1.54, 1.807) is 4.90 Å². The molecular formula is C19H28N2O. The highest BCUT2D eigenvalue weighted by molar-refractivity contribution is 5.94. The molecule has 0 aliphatic rings. The Bertz CT molecular complexity index is 518. The number of benzene rings is 1. The van der Waals surface area contributed by atoms with Crippen LogP contribution < -0.4 is 0 Å². The van der Waals surface area contributed by atoms with Gasteiger partial charge >= 0.3 is 0 Å². The molecule has 1 amide bonds. The first-order valence-corrected chi connectivity index (χ1v) is 7.98. The van der Waals surface area contributed by atoms with Crippen LogP contribution in [-0.4, -0.2) is 23.9 Å². The van der Waals surface area contributed by atoms with Crippen LogP contribution in [-0.2, 0) is 6.42 Å². The van der Waals surface area contributed by atoms with Crippen LogP contribution in [0.15, 0.2) is 24.3 Å². The molecule has 0 saturated carbocycles. The van der Waals surface area contributed by atoms with E-state index in [0.29, 0.717) is 31.0 Å². The van der Waals surface area contributed by atoms with Gasteiger partial charge in [-0.2, -0.15) is 5.26 Å². The molecule has 0 unspecified atom stereocenters. The molecule has 0 spiro atoms. The Kier molecular flexibility index (Phi) is 6.61. The number of amides is 1. The van der Waals surface area contributed by atoms with Crippen LogP contribution >= 0.6 is 0 Å². The van der Waals surface area contributed by atoms with E-state index >= 15 is 0 Å². The van der Waals surface area contributed by atoms with Crippen LogP contribution in [0.1, 0.15) is 57.0 Å². The van der Waals surface area contributed by atoms with Gasteiger partial charge < -0.3 is 4.90 Å². The van der Waals surface area contributed by atoms with E-state index in [9.17, 15) is 4.79 Å². The van der Waals surface area contributed by atoms with Gasteiger partial charge in [0, 0.05) is 18.7 Å².